The number of carboxylic acids is 1. The number of carbonyl (C=O) groups excluding carboxylic acids is 1. The van der Waals surface area contributed by atoms with Crippen LogP contribution in [0, 0.1) is 0 Å². The maximum atomic E-state index is 12.4. The Morgan fingerprint density at radius 1 is 0.966 bits per heavy atom. The Kier molecular flexibility index (Phi) is 8.88. The highest BCUT2D eigenvalue weighted by Gasteiger charge is 2.52. The van der Waals surface area contributed by atoms with E-state index in [1.54, 1.807) is 14.2 Å². The zero-order chi connectivity index (χ0) is 21.5. The molecule has 2 aliphatic rings. The highest BCUT2D eigenvalue weighted by molar-refractivity contribution is 5.70. The van der Waals surface area contributed by atoms with E-state index in [4.69, 9.17) is 28.8 Å². The van der Waals surface area contributed by atoms with Crippen molar-refractivity contribution in [2.75, 3.05) is 27.4 Å². The Bertz CT molecular complexity index is 500. The lowest BCUT2D eigenvalue weighted by molar-refractivity contribution is -0.273. The van der Waals surface area contributed by atoms with Gasteiger partial charge in [-0.1, -0.05) is 13.8 Å². The number of unbranched alkanes of at least 4 members (excludes halogenated alkanes) is 1. The van der Waals surface area contributed by atoms with E-state index in [-0.39, 0.29) is 48.3 Å². The molecule has 1 N–H and O–H groups in total. The van der Waals surface area contributed by atoms with Gasteiger partial charge in [0.2, 0.25) is 0 Å². The highest BCUT2D eigenvalue weighted by Crippen LogP contribution is 2.39. The molecule has 0 aliphatic carbocycles. The molecule has 0 amide bonds. The monoisotopic (exact) mass is 416 g/mol. The predicted molar refractivity (Wildman–Crippen MR) is 105 cm³/mol. The lowest BCUT2D eigenvalue weighted by atomic mass is 9.81. The summed E-state index contributed by atoms with van der Waals surface area (Å²) >= 11 is 0. The van der Waals surface area contributed by atoms with E-state index < -0.39 is 5.97 Å². The molecule has 2 rings (SSSR count). The lowest BCUT2D eigenvalue weighted by Gasteiger charge is -2.50. The molecule has 0 aromatic rings. The van der Waals surface area contributed by atoms with Gasteiger partial charge in [0.25, 0.3) is 0 Å². The maximum absolute atomic E-state index is 12.4. The van der Waals surface area contributed by atoms with Crippen molar-refractivity contribution in [1.29, 1.82) is 0 Å². The SMILES string of the molecule is CCC1(OC)COC1CC(CC1OCC1(CC)OC)OC(=O)CCCCC(=O)O. The Morgan fingerprint density at radius 2 is 1.45 bits per heavy atom. The van der Waals surface area contributed by atoms with Crippen LogP contribution in [0.25, 0.3) is 0 Å². The maximum Gasteiger partial charge on any atom is 0.306 e. The van der Waals surface area contributed by atoms with Crippen molar-refractivity contribution in [3.8, 4) is 0 Å². The molecule has 4 atom stereocenters. The van der Waals surface area contributed by atoms with Gasteiger partial charge in [-0.25, -0.2) is 0 Å². The van der Waals surface area contributed by atoms with Gasteiger partial charge < -0.3 is 28.8 Å². The van der Waals surface area contributed by atoms with E-state index in [1.165, 1.54) is 0 Å². The fraction of sp³-hybridized carbons (Fsp3) is 0.905. The third-order valence-electron chi connectivity index (χ3n) is 6.51. The van der Waals surface area contributed by atoms with Crippen molar-refractivity contribution in [3.05, 3.63) is 0 Å². The van der Waals surface area contributed by atoms with Gasteiger partial charge in [-0.2, -0.15) is 0 Å². The second kappa shape index (κ2) is 10.7. The minimum absolute atomic E-state index is 0.0578. The van der Waals surface area contributed by atoms with Crippen LogP contribution >= 0.6 is 0 Å². The summed E-state index contributed by atoms with van der Waals surface area (Å²) in [7, 11) is 3.37. The van der Waals surface area contributed by atoms with Crippen LogP contribution < -0.4 is 0 Å². The van der Waals surface area contributed by atoms with Crippen LogP contribution in [0.2, 0.25) is 0 Å². The summed E-state index contributed by atoms with van der Waals surface area (Å²) in [5, 5.41) is 8.71. The van der Waals surface area contributed by atoms with Crippen molar-refractivity contribution >= 4 is 11.9 Å². The molecule has 0 aromatic heterocycles. The van der Waals surface area contributed by atoms with Crippen molar-refractivity contribution in [2.45, 2.75) is 94.7 Å². The average Bonchev–Trinajstić information content (AvgIpc) is 2.67. The summed E-state index contributed by atoms with van der Waals surface area (Å²) in [6, 6.07) is 0. The molecule has 0 saturated carbocycles. The third kappa shape index (κ3) is 5.69. The van der Waals surface area contributed by atoms with Crippen molar-refractivity contribution in [1.82, 2.24) is 0 Å². The zero-order valence-corrected chi connectivity index (χ0v) is 18.1. The molecule has 2 fully saturated rings. The van der Waals surface area contributed by atoms with Crippen LogP contribution in [0.3, 0.4) is 0 Å². The fourth-order valence-electron chi connectivity index (χ4n) is 4.13. The number of carboxylic acid groups (broad SMARTS) is 1. The number of methoxy groups -OCH3 is 2. The number of ether oxygens (including phenoxy) is 5. The smallest absolute Gasteiger partial charge is 0.306 e. The van der Waals surface area contributed by atoms with Crippen molar-refractivity contribution < 1.29 is 38.4 Å². The van der Waals surface area contributed by atoms with Crippen LogP contribution in [-0.2, 0) is 33.3 Å². The first-order chi connectivity index (χ1) is 13.8. The Morgan fingerprint density at radius 3 is 1.79 bits per heavy atom. The molecule has 29 heavy (non-hydrogen) atoms. The van der Waals surface area contributed by atoms with Crippen molar-refractivity contribution in [3.63, 3.8) is 0 Å². The number of aliphatic carboxylic acids is 1. The molecule has 0 bridgehead atoms. The van der Waals surface area contributed by atoms with E-state index in [0.717, 1.165) is 12.8 Å². The molecule has 2 saturated heterocycles. The van der Waals surface area contributed by atoms with Crippen LogP contribution in [0.5, 0.6) is 0 Å². The van der Waals surface area contributed by atoms with E-state index in [0.29, 0.717) is 38.9 Å². The Balaban J connectivity index is 1.96. The molecule has 0 aromatic carbocycles. The molecular formula is C21H36O8. The quantitative estimate of drug-likeness (QED) is 0.341. The van der Waals surface area contributed by atoms with Gasteiger partial charge in [0, 0.05) is 39.9 Å². The lowest BCUT2D eigenvalue weighted by Crippen LogP contribution is -2.62. The first-order valence-corrected chi connectivity index (χ1v) is 10.6. The molecule has 4 unspecified atom stereocenters. The van der Waals surface area contributed by atoms with Gasteiger partial charge in [0.05, 0.1) is 25.4 Å². The summed E-state index contributed by atoms with van der Waals surface area (Å²) in [6.07, 6.45) is 3.26. The molecule has 2 aliphatic heterocycles. The molecule has 8 heteroatoms. The summed E-state index contributed by atoms with van der Waals surface area (Å²) in [6.45, 7) is 5.20. The molecule has 0 radical (unpaired) electrons. The summed E-state index contributed by atoms with van der Waals surface area (Å²) in [4.78, 5) is 23.0. The van der Waals surface area contributed by atoms with Gasteiger partial charge in [-0.15, -0.1) is 0 Å². The predicted octanol–water partition coefficient (Wildman–Crippen LogP) is 2.71. The molecule has 2 heterocycles. The number of esters is 1. The average molecular weight is 417 g/mol. The third-order valence-corrected chi connectivity index (χ3v) is 6.51. The number of hydrogen-bond donors (Lipinski definition) is 1. The zero-order valence-electron chi connectivity index (χ0n) is 18.1. The summed E-state index contributed by atoms with van der Waals surface area (Å²) in [5.74, 6) is -1.18. The van der Waals surface area contributed by atoms with E-state index in [2.05, 4.69) is 13.8 Å². The van der Waals surface area contributed by atoms with Gasteiger partial charge in [-0.05, 0) is 25.7 Å². The van der Waals surface area contributed by atoms with Crippen LogP contribution in [0.1, 0.15) is 65.2 Å². The normalized spacial score (nSPS) is 32.1. The second-order valence-corrected chi connectivity index (χ2v) is 8.03. The van der Waals surface area contributed by atoms with Gasteiger partial charge in [0.15, 0.2) is 0 Å². The summed E-state index contributed by atoms with van der Waals surface area (Å²) in [5.41, 5.74) is -0.675. The highest BCUT2D eigenvalue weighted by atomic mass is 16.6. The van der Waals surface area contributed by atoms with Crippen LogP contribution in [0.15, 0.2) is 0 Å². The molecule has 8 nitrogen and oxygen atoms in total. The molecular weight excluding hydrogens is 380 g/mol. The standard InChI is InChI=1S/C21H36O8/c1-5-20(25-3)13-27-16(20)11-15(12-17-21(6-2,26-4)14-28-17)29-19(24)10-8-7-9-18(22)23/h15-17H,5-14H2,1-4H3,(H,22,23). The Hall–Kier alpha value is -1.22. The number of hydrogen-bond acceptors (Lipinski definition) is 7. The van der Waals surface area contributed by atoms with Gasteiger partial charge in [0.1, 0.15) is 17.3 Å². The van der Waals surface area contributed by atoms with Crippen LogP contribution in [0.4, 0.5) is 0 Å². The van der Waals surface area contributed by atoms with Crippen molar-refractivity contribution in [2.24, 2.45) is 0 Å². The minimum atomic E-state index is -0.855. The van der Waals surface area contributed by atoms with E-state index in [1.807, 2.05) is 0 Å². The largest absolute Gasteiger partial charge is 0.481 e. The van der Waals surface area contributed by atoms with Crippen LogP contribution in [-0.4, -0.2) is 74.0 Å². The fourth-order valence-corrected chi connectivity index (χ4v) is 4.13. The topological polar surface area (TPSA) is 101 Å². The number of carbonyl (C=O) groups is 2. The second-order valence-electron chi connectivity index (χ2n) is 8.03. The molecule has 0 spiro atoms. The first-order valence-electron chi connectivity index (χ1n) is 10.6. The Labute approximate surface area is 173 Å². The van der Waals surface area contributed by atoms with E-state index >= 15 is 0 Å². The number of rotatable bonds is 14. The minimum Gasteiger partial charge on any atom is -0.481 e. The van der Waals surface area contributed by atoms with Gasteiger partial charge >= 0.3 is 11.9 Å². The van der Waals surface area contributed by atoms with Gasteiger partial charge in [-0.3, -0.25) is 9.59 Å². The summed E-state index contributed by atoms with van der Waals surface area (Å²) < 4.78 is 28.7. The van der Waals surface area contributed by atoms with E-state index in [9.17, 15) is 9.59 Å². The first kappa shape index (κ1) is 24.1. The molecule has 168 valence electrons.